The van der Waals surface area contributed by atoms with Crippen LogP contribution in [0.5, 0.6) is 0 Å². The van der Waals surface area contributed by atoms with Crippen LogP contribution in [0.15, 0.2) is 18.2 Å². The zero-order valence-electron chi connectivity index (χ0n) is 12.5. The highest BCUT2D eigenvalue weighted by molar-refractivity contribution is 5.95. The Morgan fingerprint density at radius 1 is 1.25 bits per heavy atom. The van der Waals surface area contributed by atoms with Crippen LogP contribution >= 0.6 is 0 Å². The van der Waals surface area contributed by atoms with Crippen LogP contribution in [-0.4, -0.2) is 19.0 Å². The van der Waals surface area contributed by atoms with Gasteiger partial charge in [0.25, 0.3) is 0 Å². The van der Waals surface area contributed by atoms with E-state index in [2.05, 4.69) is 25.1 Å². The number of unbranched alkanes of at least 4 members (excludes halogenated alkanes) is 3. The molecule has 0 radical (unpaired) electrons. The van der Waals surface area contributed by atoms with Crippen LogP contribution in [0.3, 0.4) is 0 Å². The van der Waals surface area contributed by atoms with Crippen LogP contribution in [0.25, 0.3) is 0 Å². The Bertz CT molecular complexity index is 456. The third kappa shape index (κ3) is 3.60. The van der Waals surface area contributed by atoms with Crippen molar-refractivity contribution in [1.82, 2.24) is 0 Å². The van der Waals surface area contributed by atoms with Crippen LogP contribution in [0.1, 0.15) is 49.7 Å². The van der Waals surface area contributed by atoms with Crippen LogP contribution in [0.2, 0.25) is 0 Å². The minimum atomic E-state index is 0.285. The summed E-state index contributed by atoms with van der Waals surface area (Å²) in [6, 6.07) is 6.35. The van der Waals surface area contributed by atoms with Crippen molar-refractivity contribution in [2.45, 2.75) is 51.9 Å². The maximum Gasteiger partial charge on any atom is 0.226 e. The van der Waals surface area contributed by atoms with Gasteiger partial charge in [0.05, 0.1) is 0 Å². The molecule has 1 heterocycles. The highest BCUT2D eigenvalue weighted by Crippen LogP contribution is 2.31. The molecule has 0 atom stereocenters. The Morgan fingerprint density at radius 3 is 2.85 bits per heavy atom. The van der Waals surface area contributed by atoms with Gasteiger partial charge in [0, 0.05) is 18.7 Å². The standard InChI is InChI=1S/C17H26N2O/c1-14-8-6-9-15-10-7-13-19(17(14)15)16(20)11-4-2-3-5-12-18/h6,8-9H,2-5,7,10-13,18H2,1H3. The lowest BCUT2D eigenvalue weighted by Crippen LogP contribution is -2.35. The smallest absolute Gasteiger partial charge is 0.226 e. The normalized spacial score (nSPS) is 14.2. The van der Waals surface area contributed by atoms with Gasteiger partial charge in [-0.25, -0.2) is 0 Å². The van der Waals surface area contributed by atoms with E-state index >= 15 is 0 Å². The summed E-state index contributed by atoms with van der Waals surface area (Å²) >= 11 is 0. The first kappa shape index (κ1) is 15.0. The maximum atomic E-state index is 12.4. The van der Waals surface area contributed by atoms with E-state index in [-0.39, 0.29) is 5.91 Å². The number of carbonyl (C=O) groups excluding carboxylic acids is 1. The van der Waals surface area contributed by atoms with Gasteiger partial charge in [-0.1, -0.05) is 31.0 Å². The number of hydrogen-bond donors (Lipinski definition) is 1. The lowest BCUT2D eigenvalue weighted by atomic mass is 9.97. The predicted molar refractivity (Wildman–Crippen MR) is 84.0 cm³/mol. The van der Waals surface area contributed by atoms with E-state index in [1.54, 1.807) is 0 Å². The van der Waals surface area contributed by atoms with Gasteiger partial charge in [-0.15, -0.1) is 0 Å². The van der Waals surface area contributed by atoms with Gasteiger partial charge >= 0.3 is 0 Å². The summed E-state index contributed by atoms with van der Waals surface area (Å²) in [5.41, 5.74) is 9.20. The molecule has 3 nitrogen and oxygen atoms in total. The number of fused-ring (bicyclic) bond motifs is 1. The molecule has 1 aromatic rings. The largest absolute Gasteiger partial charge is 0.330 e. The summed E-state index contributed by atoms with van der Waals surface area (Å²) < 4.78 is 0. The van der Waals surface area contributed by atoms with E-state index in [0.717, 1.165) is 51.6 Å². The summed E-state index contributed by atoms with van der Waals surface area (Å²) in [5.74, 6) is 0.285. The molecule has 2 N–H and O–H groups in total. The molecule has 1 aliphatic heterocycles. The Kier molecular flexibility index (Phi) is 5.60. The van der Waals surface area contributed by atoms with Gasteiger partial charge in [-0.05, 0) is 50.3 Å². The molecule has 1 aromatic carbocycles. The number of nitrogens with two attached hydrogens (primary N) is 1. The Morgan fingerprint density at radius 2 is 2.05 bits per heavy atom. The molecule has 0 saturated carbocycles. The predicted octanol–water partition coefficient (Wildman–Crippen LogP) is 3.18. The molecule has 0 aliphatic carbocycles. The molecule has 0 unspecified atom stereocenters. The van der Waals surface area contributed by atoms with Crippen LogP contribution in [0, 0.1) is 6.92 Å². The van der Waals surface area contributed by atoms with Gasteiger partial charge in [-0.3, -0.25) is 4.79 Å². The van der Waals surface area contributed by atoms with Crippen molar-refractivity contribution in [3.63, 3.8) is 0 Å². The van der Waals surface area contributed by atoms with E-state index < -0.39 is 0 Å². The molecule has 110 valence electrons. The lowest BCUT2D eigenvalue weighted by Gasteiger charge is -2.31. The number of carbonyl (C=O) groups is 1. The average molecular weight is 274 g/mol. The number of para-hydroxylation sites is 1. The van der Waals surface area contributed by atoms with Crippen molar-refractivity contribution >= 4 is 11.6 Å². The zero-order chi connectivity index (χ0) is 14.4. The maximum absolute atomic E-state index is 12.4. The molecule has 0 aromatic heterocycles. The number of hydrogen-bond acceptors (Lipinski definition) is 2. The minimum Gasteiger partial charge on any atom is -0.330 e. The summed E-state index contributed by atoms with van der Waals surface area (Å²) in [7, 11) is 0. The summed E-state index contributed by atoms with van der Waals surface area (Å²) in [5, 5.41) is 0. The summed E-state index contributed by atoms with van der Waals surface area (Å²) in [6.07, 6.45) is 7.14. The van der Waals surface area contributed by atoms with Crippen molar-refractivity contribution in [2.24, 2.45) is 5.73 Å². The zero-order valence-corrected chi connectivity index (χ0v) is 12.5. The van der Waals surface area contributed by atoms with Crippen LogP contribution in [-0.2, 0) is 11.2 Å². The van der Waals surface area contributed by atoms with Gasteiger partial charge < -0.3 is 10.6 Å². The van der Waals surface area contributed by atoms with Crippen molar-refractivity contribution in [3.05, 3.63) is 29.3 Å². The summed E-state index contributed by atoms with van der Waals surface area (Å²) in [6.45, 7) is 3.73. The number of rotatable bonds is 6. The second-order valence-corrected chi connectivity index (χ2v) is 5.68. The van der Waals surface area contributed by atoms with Crippen molar-refractivity contribution < 1.29 is 4.79 Å². The third-order valence-corrected chi connectivity index (χ3v) is 4.06. The Labute approximate surface area is 122 Å². The first-order chi connectivity index (χ1) is 9.74. The molecular formula is C17H26N2O. The van der Waals surface area contributed by atoms with Gasteiger partial charge in [0.1, 0.15) is 0 Å². The number of amides is 1. The highest BCUT2D eigenvalue weighted by atomic mass is 16.2. The second kappa shape index (κ2) is 7.44. The topological polar surface area (TPSA) is 46.3 Å². The number of aryl methyl sites for hydroxylation is 2. The fourth-order valence-corrected chi connectivity index (χ4v) is 3.01. The van der Waals surface area contributed by atoms with E-state index in [4.69, 9.17) is 5.73 Å². The van der Waals surface area contributed by atoms with E-state index in [1.165, 1.54) is 16.8 Å². The SMILES string of the molecule is Cc1cccc2c1N(C(=O)CCCCCCN)CCC2. The van der Waals surface area contributed by atoms with Crippen LogP contribution in [0.4, 0.5) is 5.69 Å². The fourth-order valence-electron chi connectivity index (χ4n) is 3.01. The van der Waals surface area contributed by atoms with E-state index in [0.29, 0.717) is 6.42 Å². The Balaban J connectivity index is 1.95. The second-order valence-electron chi connectivity index (χ2n) is 5.68. The van der Waals surface area contributed by atoms with E-state index in [1.807, 2.05) is 4.90 Å². The van der Waals surface area contributed by atoms with Crippen LogP contribution < -0.4 is 10.6 Å². The number of nitrogens with zero attached hydrogens (tertiary/aromatic N) is 1. The quantitative estimate of drug-likeness (QED) is 0.810. The monoisotopic (exact) mass is 274 g/mol. The molecule has 1 amide bonds. The molecular weight excluding hydrogens is 248 g/mol. The molecule has 20 heavy (non-hydrogen) atoms. The first-order valence-corrected chi connectivity index (χ1v) is 7.83. The lowest BCUT2D eigenvalue weighted by molar-refractivity contribution is -0.118. The molecule has 1 aliphatic rings. The van der Waals surface area contributed by atoms with Crippen molar-refractivity contribution in [2.75, 3.05) is 18.0 Å². The van der Waals surface area contributed by atoms with Gasteiger partial charge in [-0.2, -0.15) is 0 Å². The molecule has 3 heteroatoms. The first-order valence-electron chi connectivity index (χ1n) is 7.83. The molecule has 0 fully saturated rings. The number of benzene rings is 1. The molecule has 0 spiro atoms. The van der Waals surface area contributed by atoms with E-state index in [9.17, 15) is 4.79 Å². The summed E-state index contributed by atoms with van der Waals surface area (Å²) in [4.78, 5) is 14.5. The van der Waals surface area contributed by atoms with Crippen molar-refractivity contribution in [1.29, 1.82) is 0 Å². The fraction of sp³-hybridized carbons (Fsp3) is 0.588. The molecule has 2 rings (SSSR count). The number of anilines is 1. The third-order valence-electron chi connectivity index (χ3n) is 4.06. The average Bonchev–Trinajstić information content (AvgIpc) is 2.46. The minimum absolute atomic E-state index is 0.285. The molecule has 0 bridgehead atoms. The molecule has 0 saturated heterocycles. The van der Waals surface area contributed by atoms with Crippen molar-refractivity contribution in [3.8, 4) is 0 Å². The van der Waals surface area contributed by atoms with Gasteiger partial charge in [0.2, 0.25) is 5.91 Å². The Hall–Kier alpha value is -1.35. The van der Waals surface area contributed by atoms with Gasteiger partial charge in [0.15, 0.2) is 0 Å². The highest BCUT2D eigenvalue weighted by Gasteiger charge is 2.23.